The molecular formula is C16H15N5. The zero-order valence-electron chi connectivity index (χ0n) is 12.0. The molecule has 5 nitrogen and oxygen atoms in total. The molecule has 0 unspecified atom stereocenters. The predicted molar refractivity (Wildman–Crippen MR) is 79.3 cm³/mol. The van der Waals surface area contributed by atoms with E-state index in [1.54, 1.807) is 0 Å². The molecule has 1 aromatic carbocycles. The highest BCUT2D eigenvalue weighted by Gasteiger charge is 2.22. The Morgan fingerprint density at radius 1 is 1.05 bits per heavy atom. The standard InChI is InChI=1S/C16H15N5/c1-10-13(9-17-11(2)18-10)16-20-19-15-8-7-12-5-3-4-6-14(12)21(15)16/h3-6,9H,7-8H2,1-2H3. The number of benzene rings is 1. The fraction of sp³-hybridized carbons (Fsp3) is 0.250. The summed E-state index contributed by atoms with van der Waals surface area (Å²) in [5, 5.41) is 8.74. The van der Waals surface area contributed by atoms with Gasteiger partial charge in [0.2, 0.25) is 0 Å². The molecule has 0 N–H and O–H groups in total. The van der Waals surface area contributed by atoms with Crippen molar-refractivity contribution in [1.29, 1.82) is 0 Å². The third-order valence-electron chi connectivity index (χ3n) is 3.92. The number of aryl methyl sites for hydroxylation is 4. The minimum Gasteiger partial charge on any atom is -0.279 e. The summed E-state index contributed by atoms with van der Waals surface area (Å²) in [6.07, 6.45) is 3.76. The lowest BCUT2D eigenvalue weighted by Crippen LogP contribution is -2.13. The van der Waals surface area contributed by atoms with Gasteiger partial charge >= 0.3 is 0 Å². The van der Waals surface area contributed by atoms with E-state index in [1.165, 1.54) is 11.3 Å². The van der Waals surface area contributed by atoms with Gasteiger partial charge in [-0.05, 0) is 31.9 Å². The molecule has 0 fully saturated rings. The van der Waals surface area contributed by atoms with Crippen LogP contribution in [0.1, 0.15) is 22.9 Å². The maximum Gasteiger partial charge on any atom is 0.171 e. The summed E-state index contributed by atoms with van der Waals surface area (Å²) in [4.78, 5) is 8.75. The van der Waals surface area contributed by atoms with Crippen molar-refractivity contribution in [3.05, 3.63) is 53.4 Å². The van der Waals surface area contributed by atoms with E-state index in [1.807, 2.05) is 20.0 Å². The van der Waals surface area contributed by atoms with Gasteiger partial charge in [0.05, 0.1) is 16.9 Å². The van der Waals surface area contributed by atoms with Crippen molar-refractivity contribution in [3.8, 4) is 17.1 Å². The number of hydrogen-bond donors (Lipinski definition) is 0. The molecule has 3 heterocycles. The van der Waals surface area contributed by atoms with Crippen LogP contribution in [-0.2, 0) is 12.8 Å². The Balaban J connectivity index is 1.96. The van der Waals surface area contributed by atoms with E-state index < -0.39 is 0 Å². The first-order valence-electron chi connectivity index (χ1n) is 7.07. The van der Waals surface area contributed by atoms with Crippen molar-refractivity contribution < 1.29 is 0 Å². The lowest BCUT2D eigenvalue weighted by molar-refractivity contribution is 0.776. The third-order valence-corrected chi connectivity index (χ3v) is 3.92. The van der Waals surface area contributed by atoms with Crippen molar-refractivity contribution in [1.82, 2.24) is 24.7 Å². The van der Waals surface area contributed by atoms with Gasteiger partial charge in [-0.2, -0.15) is 0 Å². The summed E-state index contributed by atoms with van der Waals surface area (Å²) in [5.74, 6) is 2.60. The van der Waals surface area contributed by atoms with Crippen LogP contribution in [-0.4, -0.2) is 24.7 Å². The number of para-hydroxylation sites is 1. The van der Waals surface area contributed by atoms with E-state index in [0.717, 1.165) is 41.6 Å². The second-order valence-electron chi connectivity index (χ2n) is 5.32. The molecule has 0 spiro atoms. The number of rotatable bonds is 1. The normalized spacial score (nSPS) is 12.9. The van der Waals surface area contributed by atoms with Crippen molar-refractivity contribution in [3.63, 3.8) is 0 Å². The first-order valence-corrected chi connectivity index (χ1v) is 7.07. The molecule has 1 aliphatic heterocycles. The van der Waals surface area contributed by atoms with Gasteiger partial charge in [-0.1, -0.05) is 18.2 Å². The fourth-order valence-electron chi connectivity index (χ4n) is 2.90. The molecule has 0 aliphatic carbocycles. The lowest BCUT2D eigenvalue weighted by atomic mass is 10.0. The molecule has 3 aromatic rings. The highest BCUT2D eigenvalue weighted by molar-refractivity contribution is 5.62. The Labute approximate surface area is 122 Å². The third kappa shape index (κ3) is 1.85. The molecule has 2 aromatic heterocycles. The minimum absolute atomic E-state index is 0.773. The van der Waals surface area contributed by atoms with Crippen LogP contribution >= 0.6 is 0 Å². The zero-order valence-corrected chi connectivity index (χ0v) is 12.0. The van der Waals surface area contributed by atoms with Gasteiger partial charge in [0, 0.05) is 12.6 Å². The second kappa shape index (κ2) is 4.48. The average Bonchev–Trinajstić information content (AvgIpc) is 2.91. The van der Waals surface area contributed by atoms with Crippen molar-refractivity contribution in [2.45, 2.75) is 26.7 Å². The summed E-state index contributed by atoms with van der Waals surface area (Å²) in [6, 6.07) is 8.42. The van der Waals surface area contributed by atoms with Gasteiger partial charge in [-0.25, -0.2) is 9.97 Å². The van der Waals surface area contributed by atoms with E-state index in [0.29, 0.717) is 0 Å². The number of nitrogens with zero attached hydrogens (tertiary/aromatic N) is 5. The average molecular weight is 277 g/mol. The van der Waals surface area contributed by atoms with E-state index in [4.69, 9.17) is 0 Å². The Hall–Kier alpha value is -2.56. The zero-order chi connectivity index (χ0) is 14.4. The van der Waals surface area contributed by atoms with E-state index in [-0.39, 0.29) is 0 Å². The topological polar surface area (TPSA) is 56.5 Å². The summed E-state index contributed by atoms with van der Waals surface area (Å²) < 4.78 is 2.14. The van der Waals surface area contributed by atoms with Crippen molar-refractivity contribution >= 4 is 0 Å². The molecule has 1 aliphatic rings. The molecule has 5 heteroatoms. The molecular weight excluding hydrogens is 262 g/mol. The number of aromatic nitrogens is 5. The number of hydrogen-bond acceptors (Lipinski definition) is 4. The van der Waals surface area contributed by atoms with Gasteiger partial charge in [-0.3, -0.25) is 4.57 Å². The Morgan fingerprint density at radius 3 is 2.76 bits per heavy atom. The Kier molecular flexibility index (Phi) is 2.60. The van der Waals surface area contributed by atoms with Crippen LogP contribution in [0.3, 0.4) is 0 Å². The predicted octanol–water partition coefficient (Wildman–Crippen LogP) is 2.44. The van der Waals surface area contributed by atoms with Crippen molar-refractivity contribution in [2.24, 2.45) is 0 Å². The summed E-state index contributed by atoms with van der Waals surface area (Å²) in [7, 11) is 0. The summed E-state index contributed by atoms with van der Waals surface area (Å²) in [5.41, 5.74) is 4.37. The van der Waals surface area contributed by atoms with Crippen LogP contribution in [0.25, 0.3) is 17.1 Å². The van der Waals surface area contributed by atoms with Crippen LogP contribution in [0.4, 0.5) is 0 Å². The molecule has 0 amide bonds. The highest BCUT2D eigenvalue weighted by atomic mass is 15.3. The molecule has 0 saturated carbocycles. The molecule has 0 saturated heterocycles. The van der Waals surface area contributed by atoms with E-state index >= 15 is 0 Å². The van der Waals surface area contributed by atoms with E-state index in [2.05, 4.69) is 49.0 Å². The number of fused-ring (bicyclic) bond motifs is 3. The second-order valence-corrected chi connectivity index (χ2v) is 5.32. The monoisotopic (exact) mass is 277 g/mol. The first kappa shape index (κ1) is 12.2. The van der Waals surface area contributed by atoms with Crippen LogP contribution < -0.4 is 0 Å². The SMILES string of the molecule is Cc1ncc(-c2nnc3n2-c2ccccc2CC3)c(C)n1. The fourth-order valence-corrected chi connectivity index (χ4v) is 2.90. The Bertz CT molecular complexity index is 834. The van der Waals surface area contributed by atoms with Crippen LogP contribution in [0.2, 0.25) is 0 Å². The summed E-state index contributed by atoms with van der Waals surface area (Å²) in [6.45, 7) is 3.88. The molecule has 21 heavy (non-hydrogen) atoms. The lowest BCUT2D eigenvalue weighted by Gasteiger charge is -2.19. The van der Waals surface area contributed by atoms with Crippen LogP contribution in [0, 0.1) is 13.8 Å². The molecule has 104 valence electrons. The smallest absolute Gasteiger partial charge is 0.171 e. The quantitative estimate of drug-likeness (QED) is 0.685. The van der Waals surface area contributed by atoms with Crippen molar-refractivity contribution in [2.75, 3.05) is 0 Å². The molecule has 0 radical (unpaired) electrons. The molecule has 0 atom stereocenters. The van der Waals surface area contributed by atoms with Crippen LogP contribution in [0.5, 0.6) is 0 Å². The van der Waals surface area contributed by atoms with Crippen LogP contribution in [0.15, 0.2) is 30.5 Å². The minimum atomic E-state index is 0.773. The Morgan fingerprint density at radius 2 is 1.90 bits per heavy atom. The van der Waals surface area contributed by atoms with Gasteiger partial charge in [-0.15, -0.1) is 10.2 Å². The summed E-state index contributed by atoms with van der Waals surface area (Å²) >= 11 is 0. The molecule has 0 bridgehead atoms. The maximum atomic E-state index is 4.44. The largest absolute Gasteiger partial charge is 0.279 e. The first-order chi connectivity index (χ1) is 10.2. The maximum absolute atomic E-state index is 4.44. The van der Waals surface area contributed by atoms with Gasteiger partial charge in [0.25, 0.3) is 0 Å². The molecule has 4 rings (SSSR count). The van der Waals surface area contributed by atoms with E-state index in [9.17, 15) is 0 Å². The highest BCUT2D eigenvalue weighted by Crippen LogP contribution is 2.30. The van der Waals surface area contributed by atoms with Gasteiger partial charge in [0.1, 0.15) is 11.6 Å². The van der Waals surface area contributed by atoms with Gasteiger partial charge < -0.3 is 0 Å². The van der Waals surface area contributed by atoms with Gasteiger partial charge in [0.15, 0.2) is 5.82 Å².